The maximum Gasteiger partial charge on any atom is 0.478 e. The third kappa shape index (κ3) is 6.65. The van der Waals surface area contributed by atoms with Crippen molar-refractivity contribution in [3.05, 3.63) is 42.7 Å². The molecule has 3 aromatic rings. The molecule has 0 radical (unpaired) electrons. The van der Waals surface area contributed by atoms with E-state index in [1.54, 1.807) is 0 Å². The molecule has 21 nitrogen and oxygen atoms in total. The van der Waals surface area contributed by atoms with Crippen molar-refractivity contribution in [1.29, 1.82) is 0 Å². The van der Waals surface area contributed by atoms with Crippen LogP contribution in [0, 0.1) is 0 Å². The molecule has 10 atom stereocenters. The Hall–Kier alpha value is -3.01. The highest BCUT2D eigenvalue weighted by Gasteiger charge is 2.49. The van der Waals surface area contributed by atoms with Gasteiger partial charge in [-0.3, -0.25) is 18.5 Å². The van der Waals surface area contributed by atoms with Gasteiger partial charge in [0.05, 0.1) is 19.5 Å². The quantitative estimate of drug-likeness (QED) is 0.0768. The van der Waals surface area contributed by atoms with E-state index < -0.39 is 83.8 Å². The highest BCUT2D eigenvalue weighted by Crippen LogP contribution is 2.58. The van der Waals surface area contributed by atoms with E-state index in [-0.39, 0.29) is 22.5 Å². The van der Waals surface area contributed by atoms with Crippen LogP contribution in [0.15, 0.2) is 37.2 Å². The molecule has 0 aliphatic carbocycles. The first-order valence-electron chi connectivity index (χ1n) is 12.6. The number of carbonyl (C=O) groups is 1. The highest BCUT2D eigenvalue weighted by molar-refractivity contribution is 7.60. The molecule has 23 heteroatoms. The number of anilines is 1. The molecule has 2 saturated heterocycles. The van der Waals surface area contributed by atoms with Gasteiger partial charge in [-0.05, 0) is 6.07 Å². The number of ether oxygens (including phenoxy) is 2. The Labute approximate surface area is 246 Å². The van der Waals surface area contributed by atoms with Crippen molar-refractivity contribution in [3.8, 4) is 0 Å². The molecule has 44 heavy (non-hydrogen) atoms. The highest BCUT2D eigenvalue weighted by atomic mass is 31.3. The summed E-state index contributed by atoms with van der Waals surface area (Å²) in [6.07, 6.45) is -7.05. The number of aliphatic hydroxyl groups excluding tert-OH is 4. The van der Waals surface area contributed by atoms with Crippen LogP contribution >= 0.6 is 15.6 Å². The first-order chi connectivity index (χ1) is 20.7. The second-order valence-corrected chi connectivity index (χ2v) is 12.7. The lowest BCUT2D eigenvalue weighted by atomic mass is 10.1. The van der Waals surface area contributed by atoms with Crippen LogP contribution in [0.25, 0.3) is 11.2 Å². The number of hydrogen-bond acceptors (Lipinski definition) is 17. The van der Waals surface area contributed by atoms with Gasteiger partial charge < -0.3 is 55.7 Å². The number of nitrogen functional groups attached to an aromatic ring is 1. The van der Waals surface area contributed by atoms with E-state index in [1.165, 1.54) is 40.0 Å². The van der Waals surface area contributed by atoms with Gasteiger partial charge in [0.1, 0.15) is 47.9 Å². The minimum atomic E-state index is -5.62. The van der Waals surface area contributed by atoms with Gasteiger partial charge in [0.25, 0.3) is 20.0 Å². The number of nitrogens with zero attached hydrogens (tertiary/aromatic N) is 5. The molecule has 5 rings (SSSR count). The molecular formula is C21H27N7O14P2. The predicted octanol–water partition coefficient (Wildman–Crippen LogP) is -3.65. The summed E-state index contributed by atoms with van der Waals surface area (Å²) in [5.74, 6) is -0.729. The van der Waals surface area contributed by atoms with Crippen LogP contribution in [0.3, 0.4) is 0 Å². The van der Waals surface area contributed by atoms with Gasteiger partial charge in [0.15, 0.2) is 36.2 Å². The first kappa shape index (κ1) is 32.4. The minimum Gasteiger partial charge on any atom is -0.756 e. The number of primary amides is 1. The molecule has 3 aromatic heterocycles. The van der Waals surface area contributed by atoms with Crippen LogP contribution in [0.1, 0.15) is 22.8 Å². The molecule has 5 heterocycles. The van der Waals surface area contributed by atoms with Crippen molar-refractivity contribution < 1.29 is 71.5 Å². The number of fused-ring (bicyclic) bond motifs is 1. The summed E-state index contributed by atoms with van der Waals surface area (Å²) in [6.45, 7) is -1.89. The summed E-state index contributed by atoms with van der Waals surface area (Å²) in [5, 5.41) is 41.6. The monoisotopic (exact) mass is 663 g/mol. The zero-order valence-corrected chi connectivity index (χ0v) is 24.0. The fourth-order valence-electron chi connectivity index (χ4n) is 4.57. The van der Waals surface area contributed by atoms with Crippen molar-refractivity contribution in [1.82, 2.24) is 19.5 Å². The second-order valence-electron chi connectivity index (χ2n) is 9.67. The van der Waals surface area contributed by atoms with Gasteiger partial charge >= 0.3 is 7.82 Å². The summed E-state index contributed by atoms with van der Waals surface area (Å²) in [7, 11) is -11.0. The number of carbonyl (C=O) groups excluding carboxylic acids is 1. The smallest absolute Gasteiger partial charge is 0.478 e. The van der Waals surface area contributed by atoms with Gasteiger partial charge in [-0.1, -0.05) is 0 Å². The molecule has 240 valence electrons. The largest absolute Gasteiger partial charge is 0.756 e. The van der Waals surface area contributed by atoms with Gasteiger partial charge in [-0.2, -0.15) is 4.57 Å². The van der Waals surface area contributed by atoms with E-state index >= 15 is 0 Å². The van der Waals surface area contributed by atoms with Gasteiger partial charge in [-0.25, -0.2) is 23.8 Å². The van der Waals surface area contributed by atoms with Crippen molar-refractivity contribution in [2.24, 2.45) is 5.73 Å². The molecule has 0 spiro atoms. The van der Waals surface area contributed by atoms with Crippen LogP contribution in [0.5, 0.6) is 0 Å². The average Bonchev–Trinajstić information content (AvgIpc) is 3.61. The Morgan fingerprint density at radius 1 is 1.05 bits per heavy atom. The third-order valence-electron chi connectivity index (χ3n) is 6.74. The summed E-state index contributed by atoms with van der Waals surface area (Å²) >= 11 is 0. The number of phosphoric ester groups is 2. The van der Waals surface area contributed by atoms with E-state index in [2.05, 4.69) is 28.3 Å². The first-order valence-corrected chi connectivity index (χ1v) is 15.5. The van der Waals surface area contributed by atoms with Gasteiger partial charge in [0.2, 0.25) is 0 Å². The maximum absolute atomic E-state index is 12.4. The van der Waals surface area contributed by atoms with Crippen molar-refractivity contribution in [2.75, 3.05) is 18.9 Å². The number of aliphatic hydroxyl groups is 4. The number of nitrogens with two attached hydrogens (primary N) is 2. The zero-order chi connectivity index (χ0) is 32.0. The molecule has 0 saturated carbocycles. The standard InChI is InChI=1S/C21H27N7O14P2/c22-17-12-19(25-7-24-17)28(8-26-12)21-16(32)14(30)11(41-21)6-39-44(36,37)42-43(34,35)38-5-10-13(29)15(31)20(40-10)27-3-1-2-9(4-27)18(23)33/h1-4,7-8,10-11,13-16,20-21,29-32H,5-6H2,(H5-,22,23,24,25,33,34,35,36,37)/t10-,11+,13+,14+,15+,16+,20+,21+/m0/s1. The van der Waals surface area contributed by atoms with Gasteiger partial charge in [0, 0.05) is 6.07 Å². The van der Waals surface area contributed by atoms with Crippen molar-refractivity contribution in [3.63, 3.8) is 0 Å². The Balaban J connectivity index is 1.16. The molecule has 0 aromatic carbocycles. The van der Waals surface area contributed by atoms with E-state index in [4.69, 9.17) is 20.9 Å². The number of aromatic nitrogens is 5. The number of rotatable bonds is 11. The Kier molecular flexibility index (Phi) is 9.13. The minimum absolute atomic E-state index is 0.0446. The SMILES string of the molecule is NC(=O)c1ccc[n+]([C@@H]2O[C@@H](COP(=O)([O-])OP(=O)(O)OC[C@H]3O[C@@H](n4cnc5c(N)ncnc54)[C@H](O)[C@@H]3O)[C@@H](O)[C@H]2O)c1. The zero-order valence-electron chi connectivity index (χ0n) is 22.2. The lowest BCUT2D eigenvalue weighted by molar-refractivity contribution is -0.765. The van der Waals surface area contributed by atoms with Crippen LogP contribution in [0.4, 0.5) is 5.82 Å². The average molecular weight is 663 g/mol. The fraction of sp³-hybridized carbons (Fsp3) is 0.476. The molecule has 1 amide bonds. The molecule has 2 aliphatic rings. The van der Waals surface area contributed by atoms with Crippen molar-refractivity contribution >= 4 is 38.5 Å². The van der Waals surface area contributed by atoms with E-state index in [0.29, 0.717) is 0 Å². The number of pyridine rings is 1. The molecule has 0 bridgehead atoms. The Morgan fingerprint density at radius 3 is 2.45 bits per heavy atom. The number of imidazole rings is 1. The van der Waals surface area contributed by atoms with E-state index in [0.717, 1.165) is 6.33 Å². The summed E-state index contributed by atoms with van der Waals surface area (Å²) in [6, 6.07) is 2.82. The van der Waals surface area contributed by atoms with E-state index in [9.17, 15) is 44.1 Å². The summed E-state index contributed by atoms with van der Waals surface area (Å²) in [4.78, 5) is 45.5. The Morgan fingerprint density at radius 2 is 1.73 bits per heavy atom. The van der Waals surface area contributed by atoms with Crippen molar-refractivity contribution in [2.45, 2.75) is 49.1 Å². The molecule has 2 aliphatic heterocycles. The van der Waals surface area contributed by atoms with E-state index in [1.807, 2.05) is 0 Å². The molecule has 9 N–H and O–H groups in total. The van der Waals surface area contributed by atoms with Crippen LogP contribution in [0.2, 0.25) is 0 Å². The number of hydrogen-bond donors (Lipinski definition) is 7. The lowest BCUT2D eigenvalue weighted by Gasteiger charge is -2.26. The number of phosphoric acid groups is 2. The Bertz CT molecular complexity index is 1630. The molecule has 2 fully saturated rings. The lowest BCUT2D eigenvalue weighted by Crippen LogP contribution is -2.46. The predicted molar refractivity (Wildman–Crippen MR) is 137 cm³/mol. The summed E-state index contributed by atoms with van der Waals surface area (Å²) < 4.78 is 51.5. The maximum atomic E-state index is 12.4. The second kappa shape index (κ2) is 12.4. The topological polar surface area (TPSA) is 321 Å². The molecule has 2 unspecified atom stereocenters. The molecular weight excluding hydrogens is 636 g/mol. The fourth-order valence-corrected chi connectivity index (χ4v) is 6.62. The summed E-state index contributed by atoms with van der Waals surface area (Å²) in [5.41, 5.74) is 11.4. The van der Waals surface area contributed by atoms with Crippen LogP contribution < -0.4 is 20.9 Å². The van der Waals surface area contributed by atoms with Crippen LogP contribution in [-0.4, -0.2) is 101 Å². The third-order valence-corrected chi connectivity index (χ3v) is 9.30. The van der Waals surface area contributed by atoms with Gasteiger partial charge in [-0.15, -0.1) is 0 Å². The number of amides is 1. The normalized spacial score (nSPS) is 31.6. The van der Waals surface area contributed by atoms with Crippen LogP contribution in [-0.2, 0) is 32.0 Å².